The number of nitrogens with zero attached hydrogens (tertiary/aromatic N) is 2. The second-order valence-electron chi connectivity index (χ2n) is 7.63. The number of nitrogens with one attached hydrogen (secondary N) is 2. The molecule has 1 aromatic rings. The predicted octanol–water partition coefficient (Wildman–Crippen LogP) is 2.79. The zero-order chi connectivity index (χ0) is 16.4. The molecule has 0 bridgehead atoms. The molecular weight excluding hydrogens is 300 g/mol. The van der Waals surface area contributed by atoms with Crippen LogP contribution in [-0.2, 0) is 4.79 Å². The first-order chi connectivity index (χ1) is 11.8. The molecule has 0 radical (unpaired) electrons. The molecule has 2 aliphatic heterocycles. The van der Waals surface area contributed by atoms with Crippen molar-refractivity contribution >= 4 is 17.4 Å². The van der Waals surface area contributed by atoms with Gasteiger partial charge in [0.15, 0.2) is 0 Å². The van der Waals surface area contributed by atoms with Gasteiger partial charge in [-0.05, 0) is 56.7 Å². The largest absolute Gasteiger partial charge is 0.370 e. The van der Waals surface area contributed by atoms with Crippen LogP contribution in [-0.4, -0.2) is 37.1 Å². The van der Waals surface area contributed by atoms with Gasteiger partial charge >= 0.3 is 0 Å². The molecule has 2 N–H and O–H groups in total. The van der Waals surface area contributed by atoms with Gasteiger partial charge in [0.05, 0.1) is 17.3 Å². The van der Waals surface area contributed by atoms with Gasteiger partial charge in [0.25, 0.3) is 0 Å². The smallest absolute Gasteiger partial charge is 0.233 e. The third-order valence-electron chi connectivity index (χ3n) is 6.20. The maximum absolute atomic E-state index is 13.0. The lowest BCUT2D eigenvalue weighted by atomic mass is 9.67. The number of fused-ring (bicyclic) bond motifs is 1. The zero-order valence-electron chi connectivity index (χ0n) is 14.4. The van der Waals surface area contributed by atoms with Crippen LogP contribution in [0, 0.1) is 11.3 Å². The lowest BCUT2D eigenvalue weighted by molar-refractivity contribution is -0.128. The fourth-order valence-electron chi connectivity index (χ4n) is 4.73. The van der Waals surface area contributed by atoms with Crippen LogP contribution in [0.25, 0.3) is 0 Å². The van der Waals surface area contributed by atoms with Gasteiger partial charge in [0.2, 0.25) is 5.91 Å². The molecule has 1 aromatic heterocycles. The molecule has 5 nitrogen and oxygen atoms in total. The van der Waals surface area contributed by atoms with E-state index in [0.29, 0.717) is 11.7 Å². The topological polar surface area (TPSA) is 57.3 Å². The SMILES string of the molecule is O=C(Nc1ccc(N2CCCCC2)cn1)[C@@]12CCCC[C@H]1CNC2. The summed E-state index contributed by atoms with van der Waals surface area (Å²) >= 11 is 0. The van der Waals surface area contributed by atoms with Crippen molar-refractivity contribution in [3.8, 4) is 0 Å². The number of carbonyl (C=O) groups is 1. The lowest BCUT2D eigenvalue weighted by Crippen LogP contribution is -2.44. The molecule has 5 heteroatoms. The number of carbonyl (C=O) groups excluding carboxylic acids is 1. The van der Waals surface area contributed by atoms with Crippen LogP contribution in [0.5, 0.6) is 0 Å². The molecule has 4 rings (SSSR count). The molecule has 24 heavy (non-hydrogen) atoms. The molecule has 1 aliphatic carbocycles. The minimum absolute atomic E-state index is 0.162. The number of anilines is 2. The van der Waals surface area contributed by atoms with Crippen molar-refractivity contribution in [3.63, 3.8) is 0 Å². The summed E-state index contributed by atoms with van der Waals surface area (Å²) in [5.74, 6) is 1.33. The van der Waals surface area contributed by atoms with E-state index in [0.717, 1.165) is 39.0 Å². The Morgan fingerprint density at radius 1 is 1.21 bits per heavy atom. The fourth-order valence-corrected chi connectivity index (χ4v) is 4.73. The molecule has 130 valence electrons. The average Bonchev–Trinajstić information content (AvgIpc) is 3.08. The quantitative estimate of drug-likeness (QED) is 0.896. The maximum atomic E-state index is 13.0. The second-order valence-corrected chi connectivity index (χ2v) is 7.63. The van der Waals surface area contributed by atoms with Crippen LogP contribution < -0.4 is 15.5 Å². The Kier molecular flexibility index (Phi) is 4.44. The van der Waals surface area contributed by atoms with Gasteiger partial charge in [0, 0.05) is 19.6 Å². The number of pyridine rings is 1. The van der Waals surface area contributed by atoms with E-state index in [4.69, 9.17) is 0 Å². The molecule has 3 fully saturated rings. The lowest BCUT2D eigenvalue weighted by Gasteiger charge is -2.37. The van der Waals surface area contributed by atoms with Gasteiger partial charge in [-0.3, -0.25) is 4.79 Å². The van der Waals surface area contributed by atoms with E-state index in [1.54, 1.807) is 0 Å². The van der Waals surface area contributed by atoms with Crippen molar-refractivity contribution in [2.45, 2.75) is 44.9 Å². The molecule has 0 spiro atoms. The Bertz CT molecular complexity index is 582. The van der Waals surface area contributed by atoms with Crippen LogP contribution >= 0.6 is 0 Å². The van der Waals surface area contributed by atoms with Gasteiger partial charge in [-0.15, -0.1) is 0 Å². The third kappa shape index (κ3) is 2.90. The van der Waals surface area contributed by atoms with Gasteiger partial charge < -0.3 is 15.5 Å². The highest BCUT2D eigenvalue weighted by Crippen LogP contribution is 2.44. The molecule has 1 saturated carbocycles. The summed E-state index contributed by atoms with van der Waals surface area (Å²) in [5, 5.41) is 6.53. The van der Waals surface area contributed by atoms with Crippen molar-refractivity contribution in [3.05, 3.63) is 18.3 Å². The monoisotopic (exact) mass is 328 g/mol. The fraction of sp³-hybridized carbons (Fsp3) is 0.684. The van der Waals surface area contributed by atoms with Crippen molar-refractivity contribution in [2.24, 2.45) is 11.3 Å². The second kappa shape index (κ2) is 6.71. The Labute approximate surface area is 144 Å². The van der Waals surface area contributed by atoms with Crippen molar-refractivity contribution in [1.82, 2.24) is 10.3 Å². The van der Waals surface area contributed by atoms with Gasteiger partial charge in [0.1, 0.15) is 5.82 Å². The van der Waals surface area contributed by atoms with E-state index < -0.39 is 0 Å². The normalized spacial score (nSPS) is 30.0. The first-order valence-electron chi connectivity index (χ1n) is 9.51. The number of piperidine rings is 1. The molecule has 0 aromatic carbocycles. The highest BCUT2D eigenvalue weighted by molar-refractivity contribution is 5.95. The van der Waals surface area contributed by atoms with Crippen LogP contribution in [0.1, 0.15) is 44.9 Å². The number of hydrogen-bond acceptors (Lipinski definition) is 4. The summed E-state index contributed by atoms with van der Waals surface area (Å²) in [6.07, 6.45) is 10.3. The van der Waals surface area contributed by atoms with Gasteiger partial charge in [-0.1, -0.05) is 12.8 Å². The minimum atomic E-state index is -0.217. The summed E-state index contributed by atoms with van der Waals surface area (Å²) in [6.45, 7) is 4.03. The average molecular weight is 328 g/mol. The van der Waals surface area contributed by atoms with Crippen LogP contribution in [0.2, 0.25) is 0 Å². The Morgan fingerprint density at radius 2 is 2.08 bits per heavy atom. The minimum Gasteiger partial charge on any atom is -0.370 e. The van der Waals surface area contributed by atoms with Crippen molar-refractivity contribution in [2.75, 3.05) is 36.4 Å². The highest BCUT2D eigenvalue weighted by Gasteiger charge is 2.49. The molecule has 3 heterocycles. The number of amides is 1. The number of rotatable bonds is 3. The van der Waals surface area contributed by atoms with E-state index in [1.165, 1.54) is 37.8 Å². The molecule has 0 unspecified atom stereocenters. The van der Waals surface area contributed by atoms with Crippen LogP contribution in [0.4, 0.5) is 11.5 Å². The van der Waals surface area contributed by atoms with E-state index in [-0.39, 0.29) is 11.3 Å². The summed E-state index contributed by atoms with van der Waals surface area (Å²) in [6, 6.07) is 4.05. The standard InChI is InChI=1S/C19H28N4O/c24-18(19-9-3-2-6-15(19)12-20-14-19)22-17-8-7-16(13-21-17)23-10-4-1-5-11-23/h7-8,13,15,20H,1-6,9-12,14H2,(H,21,22,24)/t15-,19+/m0/s1. The van der Waals surface area contributed by atoms with E-state index in [1.807, 2.05) is 12.3 Å². The summed E-state index contributed by atoms with van der Waals surface area (Å²) in [5.41, 5.74) is 0.954. The van der Waals surface area contributed by atoms with Gasteiger partial charge in [-0.25, -0.2) is 4.98 Å². The zero-order valence-corrected chi connectivity index (χ0v) is 14.4. The predicted molar refractivity (Wildman–Crippen MR) is 96.2 cm³/mol. The highest BCUT2D eigenvalue weighted by atomic mass is 16.2. The third-order valence-corrected chi connectivity index (χ3v) is 6.20. The first-order valence-corrected chi connectivity index (χ1v) is 9.51. The Balaban J connectivity index is 1.44. The summed E-state index contributed by atoms with van der Waals surface area (Å²) in [7, 11) is 0. The van der Waals surface area contributed by atoms with Crippen molar-refractivity contribution < 1.29 is 4.79 Å². The maximum Gasteiger partial charge on any atom is 0.233 e. The van der Waals surface area contributed by atoms with Crippen molar-refractivity contribution in [1.29, 1.82) is 0 Å². The van der Waals surface area contributed by atoms with Crippen LogP contribution in [0.3, 0.4) is 0 Å². The van der Waals surface area contributed by atoms with E-state index >= 15 is 0 Å². The Hall–Kier alpha value is -1.62. The van der Waals surface area contributed by atoms with Crippen LogP contribution in [0.15, 0.2) is 18.3 Å². The van der Waals surface area contributed by atoms with E-state index in [9.17, 15) is 4.79 Å². The molecular formula is C19H28N4O. The number of aromatic nitrogens is 1. The summed E-state index contributed by atoms with van der Waals surface area (Å²) in [4.78, 5) is 19.8. The summed E-state index contributed by atoms with van der Waals surface area (Å²) < 4.78 is 0. The molecule has 2 atom stereocenters. The van der Waals surface area contributed by atoms with Gasteiger partial charge in [-0.2, -0.15) is 0 Å². The first kappa shape index (κ1) is 15.9. The molecule has 3 aliphatic rings. The number of hydrogen-bond donors (Lipinski definition) is 2. The molecule has 2 saturated heterocycles. The Morgan fingerprint density at radius 3 is 2.88 bits per heavy atom. The van der Waals surface area contributed by atoms with E-state index in [2.05, 4.69) is 26.6 Å². The molecule has 1 amide bonds.